The lowest BCUT2D eigenvalue weighted by Gasteiger charge is -2.42. The van der Waals surface area contributed by atoms with Gasteiger partial charge in [0.2, 0.25) is 5.91 Å². The lowest BCUT2D eigenvalue weighted by Crippen LogP contribution is -2.51. The summed E-state index contributed by atoms with van der Waals surface area (Å²) in [5.74, 6) is -0.105. The molecule has 0 aromatic heterocycles. The molecule has 2 aromatic rings. The number of hydrogen-bond acceptors (Lipinski definition) is 3. The summed E-state index contributed by atoms with van der Waals surface area (Å²) in [6.07, 6.45) is -2.03. The first kappa shape index (κ1) is 23.3. The molecule has 4 nitrogen and oxygen atoms in total. The van der Waals surface area contributed by atoms with Crippen molar-refractivity contribution in [2.24, 2.45) is 5.92 Å². The molecule has 0 aliphatic rings. The first-order valence-corrected chi connectivity index (χ1v) is 10.1. The van der Waals surface area contributed by atoms with E-state index in [4.69, 9.17) is 0 Å². The van der Waals surface area contributed by atoms with Crippen LogP contribution in [0.25, 0.3) is 0 Å². The van der Waals surface area contributed by atoms with Gasteiger partial charge in [0, 0.05) is 25.3 Å². The molecule has 0 saturated carbocycles. The molecule has 0 saturated heterocycles. The van der Waals surface area contributed by atoms with Crippen LogP contribution in [0, 0.1) is 17.2 Å². The minimum Gasteiger partial charge on any atom is -0.352 e. The zero-order valence-electron chi connectivity index (χ0n) is 18.1. The molecule has 1 amide bonds. The number of carbonyl (C=O) groups excluding carboxylic acids is 1. The second kappa shape index (κ2) is 10.2. The van der Waals surface area contributed by atoms with Crippen LogP contribution in [0.5, 0.6) is 0 Å². The van der Waals surface area contributed by atoms with Crippen molar-refractivity contribution in [3.63, 3.8) is 0 Å². The molecule has 0 aliphatic heterocycles. The SMILES string of the molecule is CC[C@H](C)[C@@H](C(=O)N(C)C)N(c1ccc(C#N)c(C(F)F)c1)C(C)c1ccccc1. The Balaban J connectivity index is 2.71. The molecule has 0 bridgehead atoms. The highest BCUT2D eigenvalue weighted by Gasteiger charge is 2.35. The van der Waals surface area contributed by atoms with Crippen LogP contribution < -0.4 is 4.90 Å². The molecular weight excluding hydrogens is 384 g/mol. The van der Waals surface area contributed by atoms with E-state index in [1.807, 2.05) is 62.1 Å². The topological polar surface area (TPSA) is 47.3 Å². The standard InChI is InChI=1S/C24H29F2N3O/c1-6-16(2)22(24(30)28(4)5)29(17(3)18-10-8-7-9-11-18)20-13-12-19(15-27)21(14-20)23(25)26/h7-14,16-17,22-23H,6H2,1-5H3/t16-,17?,22-/m0/s1. The van der Waals surface area contributed by atoms with Crippen molar-refractivity contribution in [3.8, 4) is 6.07 Å². The zero-order chi connectivity index (χ0) is 22.4. The Bertz CT molecular complexity index is 893. The van der Waals surface area contributed by atoms with E-state index < -0.39 is 12.5 Å². The van der Waals surface area contributed by atoms with Gasteiger partial charge in [-0.1, -0.05) is 50.6 Å². The predicted molar refractivity (Wildman–Crippen MR) is 115 cm³/mol. The van der Waals surface area contributed by atoms with E-state index in [0.29, 0.717) is 5.69 Å². The van der Waals surface area contributed by atoms with E-state index in [-0.39, 0.29) is 29.0 Å². The smallest absolute Gasteiger partial charge is 0.265 e. The van der Waals surface area contributed by atoms with Crippen LogP contribution in [0.3, 0.4) is 0 Å². The van der Waals surface area contributed by atoms with E-state index in [0.717, 1.165) is 12.0 Å². The summed E-state index contributed by atoms with van der Waals surface area (Å²) >= 11 is 0. The summed E-state index contributed by atoms with van der Waals surface area (Å²) < 4.78 is 27.3. The second-order valence-electron chi connectivity index (χ2n) is 7.74. The number of alkyl halides is 2. The summed E-state index contributed by atoms with van der Waals surface area (Å²) in [6, 6.07) is 15.1. The number of likely N-dealkylation sites (N-methyl/N-ethyl adjacent to an activating group) is 1. The van der Waals surface area contributed by atoms with E-state index in [2.05, 4.69) is 0 Å². The largest absolute Gasteiger partial charge is 0.352 e. The first-order chi connectivity index (χ1) is 14.2. The van der Waals surface area contributed by atoms with E-state index >= 15 is 0 Å². The van der Waals surface area contributed by atoms with Gasteiger partial charge in [-0.3, -0.25) is 4.79 Å². The molecule has 6 heteroatoms. The van der Waals surface area contributed by atoms with Gasteiger partial charge in [-0.15, -0.1) is 0 Å². The maximum absolute atomic E-state index is 13.6. The third-order valence-electron chi connectivity index (χ3n) is 5.56. The fourth-order valence-electron chi connectivity index (χ4n) is 3.63. The highest BCUT2D eigenvalue weighted by molar-refractivity contribution is 5.85. The summed E-state index contributed by atoms with van der Waals surface area (Å²) in [7, 11) is 3.40. The van der Waals surface area contributed by atoms with Crippen molar-refractivity contribution in [1.82, 2.24) is 4.90 Å². The molecule has 2 rings (SSSR count). The highest BCUT2D eigenvalue weighted by atomic mass is 19.3. The average Bonchev–Trinajstić information content (AvgIpc) is 2.76. The molecule has 3 atom stereocenters. The van der Waals surface area contributed by atoms with Crippen LogP contribution >= 0.6 is 0 Å². The van der Waals surface area contributed by atoms with E-state index in [1.54, 1.807) is 25.1 Å². The van der Waals surface area contributed by atoms with Gasteiger partial charge in [0.25, 0.3) is 6.43 Å². The van der Waals surface area contributed by atoms with Crippen molar-refractivity contribution in [2.45, 2.75) is 45.7 Å². The van der Waals surface area contributed by atoms with Crippen LogP contribution in [-0.2, 0) is 4.79 Å². The molecule has 1 unspecified atom stereocenters. The summed E-state index contributed by atoms with van der Waals surface area (Å²) in [4.78, 5) is 16.7. The maximum Gasteiger partial charge on any atom is 0.265 e. The number of carbonyl (C=O) groups is 1. The Labute approximate surface area is 177 Å². The number of amides is 1. The van der Waals surface area contributed by atoms with Gasteiger partial charge in [-0.05, 0) is 36.6 Å². The van der Waals surface area contributed by atoms with Crippen LogP contribution in [-0.4, -0.2) is 30.9 Å². The van der Waals surface area contributed by atoms with Crippen LogP contribution in [0.2, 0.25) is 0 Å². The Morgan fingerprint density at radius 2 is 1.73 bits per heavy atom. The summed E-state index contributed by atoms with van der Waals surface area (Å²) in [6.45, 7) is 5.97. The number of anilines is 1. The molecule has 0 aliphatic carbocycles. The summed E-state index contributed by atoms with van der Waals surface area (Å²) in [5.41, 5.74) is 1.10. The van der Waals surface area contributed by atoms with Gasteiger partial charge >= 0.3 is 0 Å². The second-order valence-corrected chi connectivity index (χ2v) is 7.74. The lowest BCUT2D eigenvalue weighted by molar-refractivity contribution is -0.131. The lowest BCUT2D eigenvalue weighted by atomic mass is 9.92. The Morgan fingerprint density at radius 3 is 2.23 bits per heavy atom. The molecule has 2 aromatic carbocycles. The zero-order valence-corrected chi connectivity index (χ0v) is 18.1. The van der Waals surface area contributed by atoms with Crippen molar-refractivity contribution in [2.75, 3.05) is 19.0 Å². The number of hydrogen-bond donors (Lipinski definition) is 0. The summed E-state index contributed by atoms with van der Waals surface area (Å²) in [5, 5.41) is 9.22. The van der Waals surface area contributed by atoms with Gasteiger partial charge in [0.15, 0.2) is 0 Å². The normalized spacial score (nSPS) is 14.0. The Hall–Kier alpha value is -2.94. The minimum absolute atomic E-state index is 0.0169. The number of benzene rings is 2. The molecule has 0 spiro atoms. The average molecular weight is 414 g/mol. The Kier molecular flexibility index (Phi) is 7.93. The molecule has 0 radical (unpaired) electrons. The van der Waals surface area contributed by atoms with Crippen molar-refractivity contribution in [1.29, 1.82) is 5.26 Å². The fourth-order valence-corrected chi connectivity index (χ4v) is 3.63. The predicted octanol–water partition coefficient (Wildman–Crippen LogP) is 5.57. The monoisotopic (exact) mass is 413 g/mol. The number of nitrogens with zero attached hydrogens (tertiary/aromatic N) is 3. The molecule has 0 N–H and O–H groups in total. The van der Waals surface area contributed by atoms with Gasteiger partial charge in [0.05, 0.1) is 17.7 Å². The van der Waals surface area contributed by atoms with Crippen molar-refractivity contribution < 1.29 is 13.6 Å². The van der Waals surface area contributed by atoms with E-state index in [1.165, 1.54) is 12.1 Å². The Morgan fingerprint density at radius 1 is 1.10 bits per heavy atom. The van der Waals surface area contributed by atoms with Crippen molar-refractivity contribution in [3.05, 3.63) is 65.2 Å². The molecule has 0 fully saturated rings. The van der Waals surface area contributed by atoms with Crippen LogP contribution in [0.4, 0.5) is 14.5 Å². The van der Waals surface area contributed by atoms with Gasteiger partial charge in [0.1, 0.15) is 6.04 Å². The van der Waals surface area contributed by atoms with Gasteiger partial charge in [-0.25, -0.2) is 8.78 Å². The molecule has 160 valence electrons. The highest BCUT2D eigenvalue weighted by Crippen LogP contribution is 2.36. The number of nitriles is 1. The third-order valence-corrected chi connectivity index (χ3v) is 5.56. The van der Waals surface area contributed by atoms with E-state index in [9.17, 15) is 18.8 Å². The first-order valence-electron chi connectivity index (χ1n) is 10.1. The number of halogens is 2. The minimum atomic E-state index is -2.78. The van der Waals surface area contributed by atoms with Crippen molar-refractivity contribution >= 4 is 11.6 Å². The van der Waals surface area contributed by atoms with Gasteiger partial charge in [-0.2, -0.15) is 5.26 Å². The number of rotatable bonds is 8. The van der Waals surface area contributed by atoms with Crippen LogP contribution in [0.1, 0.15) is 56.3 Å². The fraction of sp³-hybridized carbons (Fsp3) is 0.417. The third kappa shape index (κ3) is 4.96. The maximum atomic E-state index is 13.6. The van der Waals surface area contributed by atoms with Gasteiger partial charge < -0.3 is 9.80 Å². The van der Waals surface area contributed by atoms with Crippen LogP contribution in [0.15, 0.2) is 48.5 Å². The molecule has 30 heavy (non-hydrogen) atoms. The molecule has 0 heterocycles. The molecular formula is C24H29F2N3O. The quantitative estimate of drug-likeness (QED) is 0.569.